The van der Waals surface area contributed by atoms with Crippen LogP contribution in [0.1, 0.15) is 12.5 Å². The van der Waals surface area contributed by atoms with Crippen molar-refractivity contribution in [1.82, 2.24) is 4.67 Å². The van der Waals surface area contributed by atoms with Gasteiger partial charge in [0.25, 0.3) is 0 Å². The predicted octanol–water partition coefficient (Wildman–Crippen LogP) is 3.21. The Bertz CT molecular complexity index is 246. The van der Waals surface area contributed by atoms with Gasteiger partial charge in [0.1, 0.15) is 0 Å². The zero-order valence-corrected chi connectivity index (χ0v) is 10.3. The quantitative estimate of drug-likeness (QED) is 0.673. The zero-order chi connectivity index (χ0) is 10.4. The van der Waals surface area contributed by atoms with Gasteiger partial charge in [0.2, 0.25) is 0 Å². The summed E-state index contributed by atoms with van der Waals surface area (Å²) >= 11 is 0. The topological polar surface area (TPSA) is 3.24 Å². The third kappa shape index (κ3) is 3.77. The molecule has 0 aliphatic carbocycles. The lowest BCUT2D eigenvalue weighted by molar-refractivity contribution is 0.673. The molecule has 0 aliphatic rings. The van der Waals surface area contributed by atoms with Gasteiger partial charge in [-0.1, -0.05) is 37.3 Å². The molecule has 0 N–H and O–H groups in total. The summed E-state index contributed by atoms with van der Waals surface area (Å²) in [6.07, 6.45) is 3.84. The minimum Gasteiger partial charge on any atom is -0.288 e. The molecule has 1 aromatic rings. The van der Waals surface area contributed by atoms with Gasteiger partial charge in [0.15, 0.2) is 0 Å². The molecule has 0 amide bonds. The maximum atomic E-state index is 2.39. The second-order valence-corrected chi connectivity index (χ2v) is 6.52. The van der Waals surface area contributed by atoms with E-state index in [4.69, 9.17) is 0 Å². The number of aryl methyl sites for hydroxylation is 1. The molecule has 1 unspecified atom stereocenters. The summed E-state index contributed by atoms with van der Waals surface area (Å²) in [5, 5.41) is 0. The highest BCUT2D eigenvalue weighted by Crippen LogP contribution is 2.37. The molecule has 14 heavy (non-hydrogen) atoms. The molecule has 0 saturated heterocycles. The molecule has 1 atom stereocenters. The van der Waals surface area contributed by atoms with Crippen LogP contribution in [-0.4, -0.2) is 31.1 Å². The fraction of sp³-hybridized carbons (Fsp3) is 0.500. The summed E-state index contributed by atoms with van der Waals surface area (Å²) < 4.78 is 2.39. The van der Waals surface area contributed by atoms with E-state index in [0.29, 0.717) is 0 Å². The van der Waals surface area contributed by atoms with E-state index in [1.807, 2.05) is 0 Å². The molecule has 0 spiro atoms. The van der Waals surface area contributed by atoms with Gasteiger partial charge in [-0.3, -0.25) is 4.67 Å². The number of benzene rings is 1. The summed E-state index contributed by atoms with van der Waals surface area (Å²) in [4.78, 5) is 0. The highest BCUT2D eigenvalue weighted by molar-refractivity contribution is 7.55. The van der Waals surface area contributed by atoms with Crippen LogP contribution in [0.3, 0.4) is 0 Å². The van der Waals surface area contributed by atoms with Crippen molar-refractivity contribution in [3.63, 3.8) is 0 Å². The van der Waals surface area contributed by atoms with Crippen LogP contribution in [0.4, 0.5) is 0 Å². The van der Waals surface area contributed by atoms with E-state index in [0.717, 1.165) is 0 Å². The Morgan fingerprint density at radius 1 is 1.14 bits per heavy atom. The average molecular weight is 209 g/mol. The summed E-state index contributed by atoms with van der Waals surface area (Å²) in [6.45, 7) is 2.29. The Labute approximate surface area is 88.9 Å². The molecule has 78 valence electrons. The van der Waals surface area contributed by atoms with Crippen LogP contribution in [0.5, 0.6) is 0 Å². The van der Waals surface area contributed by atoms with Crippen LogP contribution in [0, 0.1) is 0 Å². The molecule has 0 aromatic heterocycles. The van der Waals surface area contributed by atoms with E-state index in [1.54, 1.807) is 0 Å². The van der Waals surface area contributed by atoms with E-state index in [2.05, 4.69) is 56.0 Å². The number of hydrogen-bond acceptors (Lipinski definition) is 1. The van der Waals surface area contributed by atoms with Gasteiger partial charge < -0.3 is 0 Å². The third-order valence-electron chi connectivity index (χ3n) is 2.43. The molecule has 0 saturated carbocycles. The molecular formula is C12H20NP. The highest BCUT2D eigenvalue weighted by atomic mass is 31.1. The van der Waals surface area contributed by atoms with Crippen molar-refractivity contribution in [3.05, 3.63) is 35.9 Å². The summed E-state index contributed by atoms with van der Waals surface area (Å²) in [5.74, 6) is 0. The van der Waals surface area contributed by atoms with Crippen molar-refractivity contribution in [2.75, 3.05) is 26.4 Å². The van der Waals surface area contributed by atoms with Gasteiger partial charge in [-0.2, -0.15) is 0 Å². The highest BCUT2D eigenvalue weighted by Gasteiger charge is 2.07. The first-order chi connectivity index (χ1) is 6.74. The molecule has 2 heteroatoms. The van der Waals surface area contributed by atoms with Gasteiger partial charge in [0, 0.05) is 0 Å². The van der Waals surface area contributed by atoms with Crippen LogP contribution in [0.15, 0.2) is 30.3 Å². The van der Waals surface area contributed by atoms with Gasteiger partial charge in [-0.25, -0.2) is 0 Å². The van der Waals surface area contributed by atoms with E-state index in [1.165, 1.54) is 24.3 Å². The molecule has 0 radical (unpaired) electrons. The van der Waals surface area contributed by atoms with Crippen molar-refractivity contribution in [3.8, 4) is 0 Å². The van der Waals surface area contributed by atoms with Crippen LogP contribution in [-0.2, 0) is 6.42 Å². The van der Waals surface area contributed by atoms with Crippen molar-refractivity contribution < 1.29 is 0 Å². The largest absolute Gasteiger partial charge is 0.288 e. The molecule has 0 fully saturated rings. The fourth-order valence-corrected chi connectivity index (χ4v) is 3.34. The standard InChI is InChI=1S/C12H20NP/c1-4-14(13(2)3)11-10-12-8-6-5-7-9-12/h5-9H,4,10-11H2,1-3H3. The lowest BCUT2D eigenvalue weighted by Gasteiger charge is -2.22. The predicted molar refractivity (Wildman–Crippen MR) is 66.2 cm³/mol. The minimum absolute atomic E-state index is 0.0922. The first-order valence-corrected chi connectivity index (χ1v) is 6.86. The minimum atomic E-state index is 0.0922. The summed E-state index contributed by atoms with van der Waals surface area (Å²) in [6, 6.07) is 10.8. The van der Waals surface area contributed by atoms with E-state index >= 15 is 0 Å². The second-order valence-electron chi connectivity index (χ2n) is 3.63. The molecule has 1 nitrogen and oxygen atoms in total. The van der Waals surface area contributed by atoms with Gasteiger partial charge >= 0.3 is 0 Å². The smallest absolute Gasteiger partial charge is 0.00972 e. The number of nitrogens with zero attached hydrogens (tertiary/aromatic N) is 1. The van der Waals surface area contributed by atoms with Gasteiger partial charge in [0.05, 0.1) is 0 Å². The first-order valence-electron chi connectivity index (χ1n) is 5.20. The molecule has 0 bridgehead atoms. The first kappa shape index (κ1) is 11.7. The molecule has 0 aliphatic heterocycles. The van der Waals surface area contributed by atoms with E-state index < -0.39 is 0 Å². The van der Waals surface area contributed by atoms with Crippen molar-refractivity contribution in [2.24, 2.45) is 0 Å². The molecule has 0 heterocycles. The number of hydrogen-bond donors (Lipinski definition) is 0. The van der Waals surface area contributed by atoms with Gasteiger partial charge in [-0.15, -0.1) is 0 Å². The van der Waals surface area contributed by atoms with E-state index in [9.17, 15) is 0 Å². The Hall–Kier alpha value is -0.390. The average Bonchev–Trinajstić information content (AvgIpc) is 2.20. The Morgan fingerprint density at radius 2 is 1.79 bits per heavy atom. The van der Waals surface area contributed by atoms with Crippen molar-refractivity contribution in [2.45, 2.75) is 13.3 Å². The monoisotopic (exact) mass is 209 g/mol. The van der Waals surface area contributed by atoms with Crippen LogP contribution in [0.25, 0.3) is 0 Å². The van der Waals surface area contributed by atoms with Crippen LogP contribution in [0.2, 0.25) is 0 Å². The van der Waals surface area contributed by atoms with Crippen molar-refractivity contribution >= 4 is 8.07 Å². The second kappa shape index (κ2) is 6.16. The molecular weight excluding hydrogens is 189 g/mol. The lowest BCUT2D eigenvalue weighted by Crippen LogP contribution is -2.09. The SMILES string of the molecule is CCP(CCc1ccccc1)N(C)C. The third-order valence-corrected chi connectivity index (χ3v) is 5.03. The fourth-order valence-electron chi connectivity index (χ4n) is 1.54. The maximum Gasteiger partial charge on any atom is -0.00972 e. The van der Waals surface area contributed by atoms with E-state index in [-0.39, 0.29) is 8.07 Å². The van der Waals surface area contributed by atoms with Crippen LogP contribution >= 0.6 is 8.07 Å². The Kier molecular flexibility index (Phi) is 5.14. The Balaban J connectivity index is 2.40. The van der Waals surface area contributed by atoms with Gasteiger partial charge in [-0.05, 0) is 46.5 Å². The lowest BCUT2D eigenvalue weighted by atomic mass is 10.2. The zero-order valence-electron chi connectivity index (χ0n) is 9.40. The number of rotatable bonds is 5. The molecule has 1 aromatic carbocycles. The normalized spacial score (nSPS) is 13.1. The summed E-state index contributed by atoms with van der Waals surface area (Å²) in [5.41, 5.74) is 1.47. The summed E-state index contributed by atoms with van der Waals surface area (Å²) in [7, 11) is 4.48. The molecule has 1 rings (SSSR count). The van der Waals surface area contributed by atoms with Crippen molar-refractivity contribution in [1.29, 1.82) is 0 Å². The maximum absolute atomic E-state index is 2.39. The Morgan fingerprint density at radius 3 is 2.29 bits per heavy atom. The van der Waals surface area contributed by atoms with Crippen LogP contribution < -0.4 is 0 Å².